The Labute approximate surface area is 130 Å². The summed E-state index contributed by atoms with van der Waals surface area (Å²) < 4.78 is 5.60. The van der Waals surface area contributed by atoms with Crippen molar-refractivity contribution in [2.45, 2.75) is 59.6 Å². The quantitative estimate of drug-likeness (QED) is 0.787. The molecule has 2 rings (SSSR count). The average molecular weight is 289 g/mol. The third-order valence-electron chi connectivity index (χ3n) is 4.84. The third kappa shape index (κ3) is 4.47. The van der Waals surface area contributed by atoms with Crippen LogP contribution < -0.4 is 5.32 Å². The third-order valence-corrected chi connectivity index (χ3v) is 4.84. The zero-order valence-corrected chi connectivity index (χ0v) is 14.1. The van der Waals surface area contributed by atoms with Crippen LogP contribution in [0.3, 0.4) is 0 Å². The molecule has 2 heteroatoms. The van der Waals surface area contributed by atoms with Gasteiger partial charge in [-0.15, -0.1) is 0 Å². The summed E-state index contributed by atoms with van der Waals surface area (Å²) in [7, 11) is 0. The molecule has 1 aromatic carbocycles. The fraction of sp³-hybridized carbons (Fsp3) is 0.684. The smallest absolute Gasteiger partial charge is 0.0736 e. The van der Waals surface area contributed by atoms with Crippen molar-refractivity contribution in [1.29, 1.82) is 0 Å². The van der Waals surface area contributed by atoms with Crippen molar-refractivity contribution in [3.8, 4) is 0 Å². The lowest BCUT2D eigenvalue weighted by molar-refractivity contribution is 0.134. The van der Waals surface area contributed by atoms with Crippen molar-refractivity contribution >= 4 is 5.69 Å². The van der Waals surface area contributed by atoms with Gasteiger partial charge in [-0.1, -0.05) is 45.4 Å². The van der Waals surface area contributed by atoms with Crippen molar-refractivity contribution < 1.29 is 4.74 Å². The van der Waals surface area contributed by atoms with E-state index < -0.39 is 0 Å². The number of hydrogen-bond acceptors (Lipinski definition) is 2. The molecule has 1 aliphatic carbocycles. The van der Waals surface area contributed by atoms with Crippen LogP contribution in [0.5, 0.6) is 0 Å². The van der Waals surface area contributed by atoms with Gasteiger partial charge in [-0.3, -0.25) is 0 Å². The standard InChI is InChI=1S/C19H31NO/c1-5-21-13-16-8-6-7-9-18(16)20-19-12-15(4)10-11-17(19)14(2)3/h6-9,14-15,17,19-20H,5,10-13H2,1-4H3. The number of para-hydroxylation sites is 1. The number of ether oxygens (including phenoxy) is 1. The molecule has 0 aromatic heterocycles. The highest BCUT2D eigenvalue weighted by atomic mass is 16.5. The first-order valence-corrected chi connectivity index (χ1v) is 8.54. The van der Waals surface area contributed by atoms with E-state index in [0.717, 1.165) is 24.4 Å². The van der Waals surface area contributed by atoms with E-state index in [4.69, 9.17) is 4.74 Å². The second kappa shape index (κ2) is 7.84. The van der Waals surface area contributed by atoms with Gasteiger partial charge in [0.15, 0.2) is 0 Å². The van der Waals surface area contributed by atoms with Crippen LogP contribution in [-0.2, 0) is 11.3 Å². The molecule has 0 saturated heterocycles. The molecule has 1 fully saturated rings. The maximum absolute atomic E-state index is 5.60. The van der Waals surface area contributed by atoms with Gasteiger partial charge in [0.05, 0.1) is 6.61 Å². The lowest BCUT2D eigenvalue weighted by Crippen LogP contribution is -2.38. The molecule has 1 N–H and O–H groups in total. The molecule has 1 aromatic rings. The Morgan fingerprint density at radius 2 is 2.00 bits per heavy atom. The van der Waals surface area contributed by atoms with Gasteiger partial charge in [0.1, 0.15) is 0 Å². The molecule has 0 aliphatic heterocycles. The van der Waals surface area contributed by atoms with Gasteiger partial charge in [-0.05, 0) is 43.6 Å². The van der Waals surface area contributed by atoms with Crippen LogP contribution >= 0.6 is 0 Å². The zero-order valence-electron chi connectivity index (χ0n) is 14.1. The van der Waals surface area contributed by atoms with Crippen LogP contribution in [0.2, 0.25) is 0 Å². The lowest BCUT2D eigenvalue weighted by Gasteiger charge is -2.38. The Hall–Kier alpha value is -1.02. The predicted molar refractivity (Wildman–Crippen MR) is 90.5 cm³/mol. The van der Waals surface area contributed by atoms with E-state index >= 15 is 0 Å². The highest BCUT2D eigenvalue weighted by Gasteiger charge is 2.30. The topological polar surface area (TPSA) is 21.3 Å². The second-order valence-corrected chi connectivity index (χ2v) is 6.87. The Morgan fingerprint density at radius 1 is 1.24 bits per heavy atom. The first-order chi connectivity index (χ1) is 10.1. The summed E-state index contributed by atoms with van der Waals surface area (Å²) in [5.41, 5.74) is 2.54. The monoisotopic (exact) mass is 289 g/mol. The minimum absolute atomic E-state index is 0.594. The lowest BCUT2D eigenvalue weighted by atomic mass is 9.74. The van der Waals surface area contributed by atoms with Crippen LogP contribution in [0.15, 0.2) is 24.3 Å². The largest absolute Gasteiger partial charge is 0.382 e. The molecule has 0 heterocycles. The summed E-state index contributed by atoms with van der Waals surface area (Å²) in [5, 5.41) is 3.84. The normalized spacial score (nSPS) is 26.0. The van der Waals surface area contributed by atoms with Crippen molar-refractivity contribution in [1.82, 2.24) is 0 Å². The van der Waals surface area contributed by atoms with Gasteiger partial charge in [-0.2, -0.15) is 0 Å². The van der Waals surface area contributed by atoms with E-state index in [9.17, 15) is 0 Å². The van der Waals surface area contributed by atoms with Gasteiger partial charge in [0, 0.05) is 23.9 Å². The van der Waals surface area contributed by atoms with Gasteiger partial charge in [-0.25, -0.2) is 0 Å². The van der Waals surface area contributed by atoms with Gasteiger partial charge in [0.2, 0.25) is 0 Å². The maximum Gasteiger partial charge on any atom is 0.0736 e. The number of anilines is 1. The summed E-state index contributed by atoms with van der Waals surface area (Å²) in [4.78, 5) is 0. The Balaban J connectivity index is 2.11. The van der Waals surface area contributed by atoms with Crippen LogP contribution in [0.1, 0.15) is 52.5 Å². The van der Waals surface area contributed by atoms with Crippen LogP contribution in [0.4, 0.5) is 5.69 Å². The van der Waals surface area contributed by atoms with Gasteiger partial charge >= 0.3 is 0 Å². The molecule has 1 saturated carbocycles. The number of nitrogens with one attached hydrogen (secondary N) is 1. The number of hydrogen-bond donors (Lipinski definition) is 1. The molecule has 118 valence electrons. The molecule has 0 radical (unpaired) electrons. The highest BCUT2D eigenvalue weighted by molar-refractivity contribution is 5.51. The Kier molecular flexibility index (Phi) is 6.10. The summed E-state index contributed by atoms with van der Waals surface area (Å²) in [5.74, 6) is 2.35. The molecule has 1 aliphatic rings. The van der Waals surface area contributed by atoms with Gasteiger partial charge < -0.3 is 10.1 Å². The summed E-state index contributed by atoms with van der Waals surface area (Å²) in [6.07, 6.45) is 4.01. The van der Waals surface area contributed by atoms with Crippen molar-refractivity contribution in [3.05, 3.63) is 29.8 Å². The van der Waals surface area contributed by atoms with E-state index in [1.54, 1.807) is 0 Å². The fourth-order valence-electron chi connectivity index (χ4n) is 3.57. The van der Waals surface area contributed by atoms with Crippen molar-refractivity contribution in [3.63, 3.8) is 0 Å². The molecule has 0 bridgehead atoms. The second-order valence-electron chi connectivity index (χ2n) is 6.87. The van der Waals surface area contributed by atoms with Crippen LogP contribution in [-0.4, -0.2) is 12.6 Å². The SMILES string of the molecule is CCOCc1ccccc1NC1CC(C)CCC1C(C)C. The highest BCUT2D eigenvalue weighted by Crippen LogP contribution is 2.35. The van der Waals surface area contributed by atoms with E-state index in [0.29, 0.717) is 12.6 Å². The molecule has 3 atom stereocenters. The first-order valence-electron chi connectivity index (χ1n) is 8.54. The Morgan fingerprint density at radius 3 is 2.71 bits per heavy atom. The minimum atomic E-state index is 0.594. The maximum atomic E-state index is 5.60. The van der Waals surface area contributed by atoms with E-state index in [1.165, 1.54) is 30.5 Å². The van der Waals surface area contributed by atoms with Gasteiger partial charge in [0.25, 0.3) is 0 Å². The first kappa shape index (κ1) is 16.4. The molecule has 2 nitrogen and oxygen atoms in total. The van der Waals surface area contributed by atoms with E-state index in [-0.39, 0.29) is 0 Å². The molecule has 3 unspecified atom stereocenters. The minimum Gasteiger partial charge on any atom is -0.382 e. The Bertz CT molecular complexity index is 429. The van der Waals surface area contributed by atoms with E-state index in [1.807, 2.05) is 6.92 Å². The van der Waals surface area contributed by atoms with Crippen molar-refractivity contribution in [2.75, 3.05) is 11.9 Å². The van der Waals surface area contributed by atoms with Crippen LogP contribution in [0, 0.1) is 17.8 Å². The van der Waals surface area contributed by atoms with Crippen LogP contribution in [0.25, 0.3) is 0 Å². The fourth-order valence-corrected chi connectivity index (χ4v) is 3.57. The molecular formula is C19H31NO. The number of rotatable bonds is 6. The molecule has 21 heavy (non-hydrogen) atoms. The van der Waals surface area contributed by atoms with Crippen molar-refractivity contribution in [2.24, 2.45) is 17.8 Å². The molecule has 0 spiro atoms. The van der Waals surface area contributed by atoms with E-state index in [2.05, 4.69) is 50.4 Å². The summed E-state index contributed by atoms with van der Waals surface area (Å²) in [6.45, 7) is 10.6. The zero-order chi connectivity index (χ0) is 15.2. The summed E-state index contributed by atoms with van der Waals surface area (Å²) in [6, 6.07) is 9.19. The number of benzene rings is 1. The average Bonchev–Trinajstić information content (AvgIpc) is 2.46. The summed E-state index contributed by atoms with van der Waals surface area (Å²) >= 11 is 0. The molecule has 0 amide bonds. The predicted octanol–water partition coefficient (Wildman–Crippen LogP) is 5.10. The molecular weight excluding hydrogens is 258 g/mol.